The van der Waals surface area contributed by atoms with Crippen molar-refractivity contribution in [2.75, 3.05) is 38.6 Å². The van der Waals surface area contributed by atoms with Crippen LogP contribution in [0.2, 0.25) is 0 Å². The quantitative estimate of drug-likeness (QED) is 0.731. The van der Waals surface area contributed by atoms with Crippen molar-refractivity contribution in [3.05, 3.63) is 35.9 Å². The number of likely N-dealkylation sites (tertiary alicyclic amines) is 1. The smallest absolute Gasteiger partial charge is 0.0117 e. The molecular formula is C17H27BrN2. The van der Waals surface area contributed by atoms with Crippen LogP contribution in [0.1, 0.15) is 31.2 Å². The predicted octanol–water partition coefficient (Wildman–Crippen LogP) is 3.58. The summed E-state index contributed by atoms with van der Waals surface area (Å²) < 4.78 is 0. The van der Waals surface area contributed by atoms with Gasteiger partial charge in [0.25, 0.3) is 0 Å². The second-order valence-corrected chi connectivity index (χ2v) is 6.51. The summed E-state index contributed by atoms with van der Waals surface area (Å²) in [4.78, 5) is 5.13. The molecule has 2 rings (SSSR count). The zero-order valence-electron chi connectivity index (χ0n) is 12.8. The molecule has 0 N–H and O–H groups in total. The van der Waals surface area contributed by atoms with E-state index in [0.717, 1.165) is 17.9 Å². The minimum Gasteiger partial charge on any atom is -0.303 e. The van der Waals surface area contributed by atoms with Crippen LogP contribution in [0.25, 0.3) is 0 Å². The molecular weight excluding hydrogens is 312 g/mol. The van der Waals surface area contributed by atoms with E-state index in [1.54, 1.807) is 0 Å². The van der Waals surface area contributed by atoms with Crippen LogP contribution in [-0.4, -0.2) is 54.4 Å². The SMILES string of the molecule is CCN1CCC(N(C)CC(CBr)c2ccccc2)CC1. The molecule has 3 heteroatoms. The summed E-state index contributed by atoms with van der Waals surface area (Å²) in [6.07, 6.45) is 2.63. The Bertz CT molecular complexity index is 374. The average Bonchev–Trinajstić information content (AvgIpc) is 2.53. The Morgan fingerprint density at radius 2 is 1.90 bits per heavy atom. The van der Waals surface area contributed by atoms with Gasteiger partial charge in [0.15, 0.2) is 0 Å². The van der Waals surface area contributed by atoms with E-state index in [1.807, 2.05) is 0 Å². The van der Waals surface area contributed by atoms with E-state index in [1.165, 1.54) is 38.0 Å². The van der Waals surface area contributed by atoms with Crippen molar-refractivity contribution in [2.24, 2.45) is 0 Å². The molecule has 0 bridgehead atoms. The minimum absolute atomic E-state index is 0.588. The first kappa shape index (κ1) is 16.0. The lowest BCUT2D eigenvalue weighted by Gasteiger charge is -2.37. The van der Waals surface area contributed by atoms with E-state index in [0.29, 0.717) is 5.92 Å². The van der Waals surface area contributed by atoms with E-state index < -0.39 is 0 Å². The Balaban J connectivity index is 1.88. The van der Waals surface area contributed by atoms with E-state index in [2.05, 4.69) is 70.0 Å². The number of nitrogens with zero attached hydrogens (tertiary/aromatic N) is 2. The zero-order chi connectivity index (χ0) is 14.4. The minimum atomic E-state index is 0.588. The molecule has 1 atom stereocenters. The van der Waals surface area contributed by atoms with E-state index in [9.17, 15) is 0 Å². The molecule has 1 aliphatic rings. The second-order valence-electron chi connectivity index (χ2n) is 5.87. The summed E-state index contributed by atoms with van der Waals surface area (Å²) in [5.41, 5.74) is 1.45. The van der Waals surface area contributed by atoms with Crippen LogP contribution in [0.3, 0.4) is 0 Å². The fourth-order valence-electron chi connectivity index (χ4n) is 3.14. The molecule has 1 aromatic rings. The first-order valence-corrected chi connectivity index (χ1v) is 8.90. The Morgan fingerprint density at radius 1 is 1.25 bits per heavy atom. The fourth-order valence-corrected chi connectivity index (χ4v) is 3.72. The van der Waals surface area contributed by atoms with Crippen LogP contribution >= 0.6 is 15.9 Å². The van der Waals surface area contributed by atoms with Gasteiger partial charge in [0, 0.05) is 23.8 Å². The predicted molar refractivity (Wildman–Crippen MR) is 90.7 cm³/mol. The third kappa shape index (κ3) is 4.31. The molecule has 1 aliphatic heterocycles. The summed E-state index contributed by atoms with van der Waals surface area (Å²) in [5, 5.41) is 1.04. The summed E-state index contributed by atoms with van der Waals surface area (Å²) >= 11 is 3.69. The van der Waals surface area contributed by atoms with Gasteiger partial charge in [-0.1, -0.05) is 53.2 Å². The summed E-state index contributed by atoms with van der Waals surface area (Å²) in [6.45, 7) is 7.13. The average molecular weight is 339 g/mol. The lowest BCUT2D eigenvalue weighted by atomic mass is 9.98. The van der Waals surface area contributed by atoms with Crippen LogP contribution in [0, 0.1) is 0 Å². The van der Waals surface area contributed by atoms with Crippen LogP contribution in [0.15, 0.2) is 30.3 Å². The highest BCUT2D eigenvalue weighted by atomic mass is 79.9. The number of likely N-dealkylation sites (N-methyl/N-ethyl adjacent to an activating group) is 1. The number of benzene rings is 1. The number of piperidine rings is 1. The van der Waals surface area contributed by atoms with Crippen molar-refractivity contribution in [3.63, 3.8) is 0 Å². The molecule has 1 aromatic carbocycles. The molecule has 0 amide bonds. The highest BCUT2D eigenvalue weighted by Crippen LogP contribution is 2.22. The monoisotopic (exact) mass is 338 g/mol. The van der Waals surface area contributed by atoms with Gasteiger partial charge in [0.05, 0.1) is 0 Å². The van der Waals surface area contributed by atoms with E-state index >= 15 is 0 Å². The Hall–Kier alpha value is -0.380. The molecule has 0 aromatic heterocycles. The van der Waals surface area contributed by atoms with Crippen molar-refractivity contribution < 1.29 is 0 Å². The standard InChI is InChI=1S/C17H27BrN2/c1-3-20-11-9-17(10-12-20)19(2)14-16(13-18)15-7-5-4-6-8-15/h4-8,16-17H,3,9-14H2,1-2H3. The van der Waals surface area contributed by atoms with Crippen LogP contribution in [-0.2, 0) is 0 Å². The topological polar surface area (TPSA) is 6.48 Å². The summed E-state index contributed by atoms with van der Waals surface area (Å²) in [7, 11) is 2.30. The highest BCUT2D eigenvalue weighted by Gasteiger charge is 2.23. The molecule has 112 valence electrons. The van der Waals surface area contributed by atoms with Gasteiger partial charge in [-0.2, -0.15) is 0 Å². The van der Waals surface area contributed by atoms with E-state index in [4.69, 9.17) is 0 Å². The first-order valence-electron chi connectivity index (χ1n) is 7.78. The van der Waals surface area contributed by atoms with Gasteiger partial charge in [-0.15, -0.1) is 0 Å². The Kier molecular flexibility index (Phi) is 6.53. The molecule has 1 fully saturated rings. The van der Waals surface area contributed by atoms with Crippen molar-refractivity contribution in [1.29, 1.82) is 0 Å². The van der Waals surface area contributed by atoms with Gasteiger partial charge < -0.3 is 9.80 Å². The second kappa shape index (κ2) is 8.16. The first-order chi connectivity index (χ1) is 9.74. The van der Waals surface area contributed by atoms with Crippen molar-refractivity contribution in [3.8, 4) is 0 Å². The number of rotatable bonds is 6. The Labute approximate surface area is 132 Å². The van der Waals surface area contributed by atoms with Gasteiger partial charge >= 0.3 is 0 Å². The Morgan fingerprint density at radius 3 is 2.45 bits per heavy atom. The number of hydrogen-bond acceptors (Lipinski definition) is 2. The maximum atomic E-state index is 3.69. The third-order valence-corrected chi connectivity index (χ3v) is 5.37. The van der Waals surface area contributed by atoms with Gasteiger partial charge in [0.2, 0.25) is 0 Å². The van der Waals surface area contributed by atoms with Gasteiger partial charge in [-0.25, -0.2) is 0 Å². The van der Waals surface area contributed by atoms with Crippen LogP contribution in [0.4, 0.5) is 0 Å². The molecule has 0 aliphatic carbocycles. The number of alkyl halides is 1. The molecule has 0 radical (unpaired) electrons. The third-order valence-electron chi connectivity index (χ3n) is 4.59. The summed E-state index contributed by atoms with van der Waals surface area (Å²) in [5.74, 6) is 0.588. The van der Waals surface area contributed by atoms with Gasteiger partial charge in [-0.05, 0) is 45.1 Å². The molecule has 2 nitrogen and oxygen atoms in total. The highest BCUT2D eigenvalue weighted by molar-refractivity contribution is 9.09. The largest absolute Gasteiger partial charge is 0.303 e. The number of hydrogen-bond donors (Lipinski definition) is 0. The zero-order valence-corrected chi connectivity index (χ0v) is 14.3. The van der Waals surface area contributed by atoms with E-state index in [-0.39, 0.29) is 0 Å². The molecule has 0 saturated carbocycles. The van der Waals surface area contributed by atoms with Gasteiger partial charge in [-0.3, -0.25) is 0 Å². The molecule has 1 saturated heterocycles. The van der Waals surface area contributed by atoms with Crippen molar-refractivity contribution in [1.82, 2.24) is 9.80 Å². The number of halogens is 1. The molecule has 1 heterocycles. The molecule has 0 spiro atoms. The molecule has 1 unspecified atom stereocenters. The van der Waals surface area contributed by atoms with Crippen LogP contribution in [0.5, 0.6) is 0 Å². The lowest BCUT2D eigenvalue weighted by Crippen LogP contribution is -2.44. The van der Waals surface area contributed by atoms with Crippen LogP contribution < -0.4 is 0 Å². The van der Waals surface area contributed by atoms with Gasteiger partial charge in [0.1, 0.15) is 0 Å². The molecule has 20 heavy (non-hydrogen) atoms. The van der Waals surface area contributed by atoms with Crippen molar-refractivity contribution >= 4 is 15.9 Å². The maximum absolute atomic E-state index is 3.69. The fraction of sp³-hybridized carbons (Fsp3) is 0.647. The summed E-state index contributed by atoms with van der Waals surface area (Å²) in [6, 6.07) is 11.6. The lowest BCUT2D eigenvalue weighted by molar-refractivity contribution is 0.128. The van der Waals surface area contributed by atoms with Crippen molar-refractivity contribution in [2.45, 2.75) is 31.7 Å². The normalized spacial score (nSPS) is 19.4. The maximum Gasteiger partial charge on any atom is 0.0117 e.